The molecule has 180 valence electrons. The summed E-state index contributed by atoms with van der Waals surface area (Å²) in [5.74, 6) is 1.21. The van der Waals surface area contributed by atoms with E-state index in [-0.39, 0.29) is 41.1 Å². The molecule has 0 aromatic carbocycles. The van der Waals surface area contributed by atoms with E-state index in [1.54, 1.807) is 0 Å². The Morgan fingerprint density at radius 3 is 2.56 bits per heavy atom. The van der Waals surface area contributed by atoms with Crippen LogP contribution in [-0.2, 0) is 33.3 Å². The van der Waals surface area contributed by atoms with E-state index >= 15 is 0 Å². The van der Waals surface area contributed by atoms with Crippen molar-refractivity contribution < 1.29 is 33.3 Å². The zero-order chi connectivity index (χ0) is 23.1. The molecule has 3 saturated carbocycles. The van der Waals surface area contributed by atoms with Crippen molar-refractivity contribution in [3.05, 3.63) is 0 Å². The van der Waals surface area contributed by atoms with Crippen molar-refractivity contribution in [2.45, 2.75) is 91.0 Å². The number of carbonyl (C=O) groups is 3. The van der Waals surface area contributed by atoms with Gasteiger partial charge in [0.05, 0.1) is 19.3 Å². The Labute approximate surface area is 190 Å². The Morgan fingerprint density at radius 1 is 1.09 bits per heavy atom. The molecule has 4 fully saturated rings. The van der Waals surface area contributed by atoms with Crippen LogP contribution in [0.25, 0.3) is 0 Å². The first-order valence-electron chi connectivity index (χ1n) is 12.2. The SMILES string of the molecule is CC(=O)OC(C)[C@H]1CC[C@H]2[C@@H]3CO[C@H]4C[C@@H](OC(C)=O)CC[C@]4(COC=O)[C@H]3CC[C@]12C. The predicted octanol–water partition coefficient (Wildman–Crippen LogP) is 3.67. The molecular weight excluding hydrogens is 412 g/mol. The van der Waals surface area contributed by atoms with Crippen molar-refractivity contribution in [2.75, 3.05) is 13.2 Å². The third-order valence-corrected chi connectivity index (χ3v) is 9.46. The predicted molar refractivity (Wildman–Crippen MR) is 115 cm³/mol. The molecular formula is C25H38O7. The van der Waals surface area contributed by atoms with Crippen LogP contribution >= 0.6 is 0 Å². The van der Waals surface area contributed by atoms with Gasteiger partial charge in [0, 0.05) is 31.6 Å². The normalized spacial score (nSPS) is 43.8. The van der Waals surface area contributed by atoms with Crippen LogP contribution in [0.5, 0.6) is 0 Å². The average molecular weight is 451 g/mol. The molecule has 0 spiro atoms. The number of ether oxygens (including phenoxy) is 4. The van der Waals surface area contributed by atoms with Crippen LogP contribution in [-0.4, -0.2) is 49.9 Å². The fourth-order valence-corrected chi connectivity index (χ4v) is 8.26. The molecule has 1 heterocycles. The summed E-state index contributed by atoms with van der Waals surface area (Å²) in [6.45, 7) is 8.96. The minimum Gasteiger partial charge on any atom is -0.467 e. The lowest BCUT2D eigenvalue weighted by Crippen LogP contribution is -2.61. The molecule has 0 N–H and O–H groups in total. The second-order valence-electron chi connectivity index (χ2n) is 10.9. The second-order valence-corrected chi connectivity index (χ2v) is 10.9. The fraction of sp³-hybridized carbons (Fsp3) is 0.880. The van der Waals surface area contributed by atoms with Crippen LogP contribution in [0.15, 0.2) is 0 Å². The smallest absolute Gasteiger partial charge is 0.302 e. The first-order chi connectivity index (χ1) is 15.2. The van der Waals surface area contributed by atoms with Crippen LogP contribution in [0.2, 0.25) is 0 Å². The zero-order valence-corrected chi connectivity index (χ0v) is 19.8. The zero-order valence-electron chi connectivity index (χ0n) is 19.8. The molecule has 0 bridgehead atoms. The van der Waals surface area contributed by atoms with Crippen molar-refractivity contribution in [1.29, 1.82) is 0 Å². The Balaban J connectivity index is 1.56. The monoisotopic (exact) mass is 450 g/mol. The van der Waals surface area contributed by atoms with Crippen molar-refractivity contribution in [1.82, 2.24) is 0 Å². The fourth-order valence-electron chi connectivity index (χ4n) is 8.26. The first kappa shape index (κ1) is 23.5. The van der Waals surface area contributed by atoms with E-state index in [1.807, 2.05) is 6.92 Å². The maximum Gasteiger partial charge on any atom is 0.302 e. The third kappa shape index (κ3) is 3.95. The summed E-state index contributed by atoms with van der Waals surface area (Å²) in [6, 6.07) is 0. The Morgan fingerprint density at radius 2 is 1.88 bits per heavy atom. The van der Waals surface area contributed by atoms with Gasteiger partial charge in [0.25, 0.3) is 6.47 Å². The highest BCUT2D eigenvalue weighted by atomic mass is 16.6. The molecule has 1 saturated heterocycles. The second kappa shape index (κ2) is 8.96. The molecule has 32 heavy (non-hydrogen) atoms. The molecule has 0 aromatic heterocycles. The van der Waals surface area contributed by atoms with Gasteiger partial charge in [0.1, 0.15) is 12.2 Å². The van der Waals surface area contributed by atoms with E-state index in [0.29, 0.717) is 49.8 Å². The summed E-state index contributed by atoms with van der Waals surface area (Å²) in [6.07, 6.45) is 6.31. The largest absolute Gasteiger partial charge is 0.467 e. The van der Waals surface area contributed by atoms with Crippen molar-refractivity contribution in [3.8, 4) is 0 Å². The lowest BCUT2D eigenvalue weighted by Gasteiger charge is -2.61. The third-order valence-electron chi connectivity index (χ3n) is 9.46. The minimum absolute atomic E-state index is 0.0664. The maximum atomic E-state index is 11.6. The van der Waals surface area contributed by atoms with Gasteiger partial charge in [-0.05, 0) is 68.6 Å². The number of rotatable bonds is 6. The van der Waals surface area contributed by atoms with Crippen LogP contribution in [0.3, 0.4) is 0 Å². The molecule has 7 heteroatoms. The van der Waals surface area contributed by atoms with Crippen LogP contribution < -0.4 is 0 Å². The van der Waals surface area contributed by atoms with E-state index in [4.69, 9.17) is 18.9 Å². The molecule has 0 radical (unpaired) electrons. The molecule has 4 rings (SSSR count). The minimum atomic E-state index is -0.257. The Hall–Kier alpha value is -1.63. The van der Waals surface area contributed by atoms with Gasteiger partial charge in [-0.15, -0.1) is 0 Å². The van der Waals surface area contributed by atoms with Crippen LogP contribution in [0.1, 0.15) is 72.6 Å². The first-order valence-corrected chi connectivity index (χ1v) is 12.2. The lowest BCUT2D eigenvalue weighted by molar-refractivity contribution is -0.234. The average Bonchev–Trinajstić information content (AvgIpc) is 3.08. The van der Waals surface area contributed by atoms with Gasteiger partial charge < -0.3 is 18.9 Å². The van der Waals surface area contributed by atoms with Gasteiger partial charge >= 0.3 is 11.9 Å². The van der Waals surface area contributed by atoms with Gasteiger partial charge in [0.2, 0.25) is 0 Å². The van der Waals surface area contributed by atoms with E-state index in [2.05, 4.69) is 6.92 Å². The van der Waals surface area contributed by atoms with E-state index in [9.17, 15) is 14.4 Å². The van der Waals surface area contributed by atoms with Gasteiger partial charge in [-0.2, -0.15) is 0 Å². The highest BCUT2D eigenvalue weighted by molar-refractivity contribution is 5.66. The maximum absolute atomic E-state index is 11.6. The van der Waals surface area contributed by atoms with Crippen molar-refractivity contribution in [3.63, 3.8) is 0 Å². The summed E-state index contributed by atoms with van der Waals surface area (Å²) in [4.78, 5) is 34.2. The summed E-state index contributed by atoms with van der Waals surface area (Å²) in [5.41, 5.74) is -0.102. The quantitative estimate of drug-likeness (QED) is 0.347. The van der Waals surface area contributed by atoms with Gasteiger partial charge in [-0.1, -0.05) is 6.92 Å². The molecule has 1 unspecified atom stereocenters. The number of carbonyl (C=O) groups excluding carboxylic acids is 3. The highest BCUT2D eigenvalue weighted by Gasteiger charge is 2.63. The van der Waals surface area contributed by atoms with Crippen LogP contribution in [0.4, 0.5) is 0 Å². The molecule has 7 nitrogen and oxygen atoms in total. The van der Waals surface area contributed by atoms with Crippen molar-refractivity contribution in [2.24, 2.45) is 34.5 Å². The lowest BCUT2D eigenvalue weighted by atomic mass is 9.49. The number of fused-ring (bicyclic) bond motifs is 5. The summed E-state index contributed by atoms with van der Waals surface area (Å²) < 4.78 is 23.0. The molecule has 0 amide bonds. The summed E-state index contributed by atoms with van der Waals surface area (Å²) in [5, 5.41) is 0. The topological polar surface area (TPSA) is 88.1 Å². The van der Waals surface area contributed by atoms with Gasteiger partial charge in [0.15, 0.2) is 0 Å². The molecule has 0 aromatic rings. The van der Waals surface area contributed by atoms with Gasteiger partial charge in [-0.3, -0.25) is 14.4 Å². The Kier molecular flexibility index (Phi) is 6.59. The molecule has 1 aliphatic heterocycles. The van der Waals surface area contributed by atoms with E-state index in [0.717, 1.165) is 38.5 Å². The standard InChI is InChI=1S/C25H38O7/c1-15(31-16(2)27)20-5-6-21-19-12-30-23-11-18(32-17(3)28)7-10-25(23,13-29-14-26)22(19)8-9-24(20,21)4/h14-15,18-23H,5-13H2,1-4H3/t15?,18-,19-,20+,21-,22-,23-,24+,25-/m0/s1. The van der Waals surface area contributed by atoms with E-state index in [1.165, 1.54) is 13.8 Å². The van der Waals surface area contributed by atoms with Gasteiger partial charge in [-0.25, -0.2) is 0 Å². The number of hydrogen-bond donors (Lipinski definition) is 0. The van der Waals surface area contributed by atoms with Crippen molar-refractivity contribution >= 4 is 18.4 Å². The highest BCUT2D eigenvalue weighted by Crippen LogP contribution is 2.65. The van der Waals surface area contributed by atoms with E-state index < -0.39 is 0 Å². The van der Waals surface area contributed by atoms with Crippen LogP contribution in [0, 0.1) is 34.5 Å². The molecule has 3 aliphatic carbocycles. The summed E-state index contributed by atoms with van der Waals surface area (Å²) >= 11 is 0. The number of hydrogen-bond acceptors (Lipinski definition) is 7. The molecule has 9 atom stereocenters. The Bertz CT molecular complexity index is 738. The summed E-state index contributed by atoms with van der Waals surface area (Å²) in [7, 11) is 0. The number of esters is 2. The molecule has 4 aliphatic rings.